The molecule has 1 unspecified atom stereocenters. The Morgan fingerprint density at radius 3 is 2.62 bits per heavy atom. The van der Waals surface area contributed by atoms with E-state index in [9.17, 15) is 15.0 Å². The summed E-state index contributed by atoms with van der Waals surface area (Å²) in [6, 6.07) is 5.44. The highest BCUT2D eigenvalue weighted by Gasteiger charge is 2.20. The zero-order valence-electron chi connectivity index (χ0n) is 12.7. The van der Waals surface area contributed by atoms with Crippen LogP contribution < -0.4 is 10.2 Å². The molecule has 1 fully saturated rings. The molecule has 1 heterocycles. The number of hydrogen-bond acceptors (Lipinski definition) is 4. The van der Waals surface area contributed by atoms with Gasteiger partial charge in [-0.15, -0.1) is 0 Å². The van der Waals surface area contributed by atoms with Crippen LogP contribution in [0.3, 0.4) is 0 Å². The van der Waals surface area contributed by atoms with Crippen molar-refractivity contribution < 1.29 is 15.0 Å². The lowest BCUT2D eigenvalue weighted by Gasteiger charge is -2.34. The normalized spacial score (nSPS) is 17.6. The summed E-state index contributed by atoms with van der Waals surface area (Å²) in [6.45, 7) is 5.76. The first kappa shape index (κ1) is 15.6. The molecule has 1 aliphatic heterocycles. The number of carbonyl (C=O) groups excluding carboxylic acids is 1. The van der Waals surface area contributed by atoms with Gasteiger partial charge in [-0.3, -0.25) is 4.79 Å². The van der Waals surface area contributed by atoms with Crippen LogP contribution in [0, 0.1) is 5.92 Å². The molecule has 3 N–H and O–H groups in total. The molecule has 0 bridgehead atoms. The van der Waals surface area contributed by atoms with Gasteiger partial charge in [-0.2, -0.15) is 0 Å². The number of amides is 1. The molecule has 0 aliphatic carbocycles. The summed E-state index contributed by atoms with van der Waals surface area (Å²) < 4.78 is 0. The Kier molecular flexibility index (Phi) is 5.07. The summed E-state index contributed by atoms with van der Waals surface area (Å²) in [7, 11) is 0. The van der Waals surface area contributed by atoms with E-state index in [-0.39, 0.29) is 11.7 Å². The summed E-state index contributed by atoms with van der Waals surface area (Å²) in [5.74, 6) is 0.689. The van der Waals surface area contributed by atoms with Crippen LogP contribution in [0.4, 0.5) is 5.69 Å². The van der Waals surface area contributed by atoms with Gasteiger partial charge in [0.25, 0.3) is 0 Å². The average molecular weight is 292 g/mol. The number of nitrogens with zero attached hydrogens (tertiary/aromatic N) is 1. The zero-order valence-corrected chi connectivity index (χ0v) is 12.7. The highest BCUT2D eigenvalue weighted by Crippen LogP contribution is 2.30. The Hall–Kier alpha value is -1.75. The first-order valence-electron chi connectivity index (χ1n) is 7.47. The van der Waals surface area contributed by atoms with Gasteiger partial charge < -0.3 is 20.4 Å². The van der Waals surface area contributed by atoms with Crippen LogP contribution in [0.5, 0.6) is 5.75 Å². The molecule has 21 heavy (non-hydrogen) atoms. The molecule has 1 aromatic rings. The summed E-state index contributed by atoms with van der Waals surface area (Å²) in [5.41, 5.74) is 1.54. The van der Waals surface area contributed by atoms with E-state index >= 15 is 0 Å². The van der Waals surface area contributed by atoms with Gasteiger partial charge >= 0.3 is 0 Å². The maximum atomic E-state index is 10.9. The Balaban J connectivity index is 1.93. The molecule has 0 saturated carbocycles. The van der Waals surface area contributed by atoms with Crippen molar-refractivity contribution in [3.05, 3.63) is 23.8 Å². The van der Waals surface area contributed by atoms with Crippen LogP contribution in [0.25, 0.3) is 0 Å². The largest absolute Gasteiger partial charge is 0.507 e. The highest BCUT2D eigenvalue weighted by molar-refractivity contribution is 5.72. The molecule has 1 amide bonds. The van der Waals surface area contributed by atoms with Gasteiger partial charge in [0, 0.05) is 43.9 Å². The second kappa shape index (κ2) is 6.80. The number of aliphatic hydroxyl groups is 1. The number of hydrogen-bond donors (Lipinski definition) is 3. The third-order valence-corrected chi connectivity index (χ3v) is 4.08. The van der Waals surface area contributed by atoms with E-state index in [2.05, 4.69) is 10.2 Å². The Morgan fingerprint density at radius 1 is 1.43 bits per heavy atom. The smallest absolute Gasteiger partial charge is 0.216 e. The number of aliphatic hydroxyl groups excluding tert-OH is 1. The van der Waals surface area contributed by atoms with Crippen molar-refractivity contribution in [3.8, 4) is 5.75 Å². The van der Waals surface area contributed by atoms with Crippen molar-refractivity contribution in [1.82, 2.24) is 5.32 Å². The number of carbonyl (C=O) groups is 1. The molecule has 116 valence electrons. The molecule has 1 saturated heterocycles. The quantitative estimate of drug-likeness (QED) is 0.791. The first-order valence-corrected chi connectivity index (χ1v) is 7.47. The molecule has 0 spiro atoms. The minimum Gasteiger partial charge on any atom is -0.507 e. The summed E-state index contributed by atoms with van der Waals surface area (Å²) in [4.78, 5) is 13.2. The van der Waals surface area contributed by atoms with E-state index in [1.807, 2.05) is 6.07 Å². The third kappa shape index (κ3) is 4.11. The predicted octanol–water partition coefficient (Wildman–Crippen LogP) is 1.80. The van der Waals surface area contributed by atoms with Crippen molar-refractivity contribution in [1.29, 1.82) is 0 Å². The predicted molar refractivity (Wildman–Crippen MR) is 82.4 cm³/mol. The van der Waals surface area contributed by atoms with Gasteiger partial charge in [0.15, 0.2) is 0 Å². The number of rotatable bonds is 4. The van der Waals surface area contributed by atoms with Gasteiger partial charge in [0.05, 0.1) is 6.10 Å². The van der Waals surface area contributed by atoms with E-state index in [0.29, 0.717) is 11.5 Å². The van der Waals surface area contributed by atoms with Crippen molar-refractivity contribution in [2.75, 3.05) is 24.5 Å². The molecule has 1 atom stereocenters. The van der Waals surface area contributed by atoms with E-state index in [4.69, 9.17) is 0 Å². The van der Waals surface area contributed by atoms with Gasteiger partial charge in [0.2, 0.25) is 5.91 Å². The fraction of sp³-hybridized carbons (Fsp3) is 0.562. The van der Waals surface area contributed by atoms with Crippen LogP contribution in [-0.2, 0) is 4.79 Å². The number of nitrogens with one attached hydrogen (secondary N) is 1. The van der Waals surface area contributed by atoms with Gasteiger partial charge in [0.1, 0.15) is 5.75 Å². The van der Waals surface area contributed by atoms with Crippen molar-refractivity contribution >= 4 is 11.6 Å². The van der Waals surface area contributed by atoms with Crippen molar-refractivity contribution in [2.24, 2.45) is 5.92 Å². The Labute approximate surface area is 125 Å². The highest BCUT2D eigenvalue weighted by atomic mass is 16.3. The molecular weight excluding hydrogens is 268 g/mol. The number of piperidine rings is 1. The Bertz CT molecular complexity index is 494. The molecule has 0 radical (unpaired) electrons. The molecule has 0 aromatic heterocycles. The number of benzene rings is 1. The molecular formula is C16H24N2O3. The summed E-state index contributed by atoms with van der Waals surface area (Å²) in [6.07, 6.45) is 1.39. The van der Waals surface area contributed by atoms with E-state index in [1.165, 1.54) is 0 Å². The molecule has 1 aliphatic rings. The van der Waals surface area contributed by atoms with E-state index in [1.54, 1.807) is 26.0 Å². The van der Waals surface area contributed by atoms with Crippen LogP contribution in [0.15, 0.2) is 18.2 Å². The van der Waals surface area contributed by atoms with Crippen molar-refractivity contribution in [2.45, 2.75) is 32.8 Å². The molecule has 5 nitrogen and oxygen atoms in total. The fourth-order valence-electron chi connectivity index (χ4n) is 2.77. The second-order valence-corrected chi connectivity index (χ2v) is 5.79. The summed E-state index contributed by atoms with van der Waals surface area (Å²) >= 11 is 0. The topological polar surface area (TPSA) is 72.8 Å². The van der Waals surface area contributed by atoms with Gasteiger partial charge in [-0.25, -0.2) is 0 Å². The van der Waals surface area contributed by atoms with E-state index in [0.717, 1.165) is 38.2 Å². The number of anilines is 1. The number of phenols is 1. The van der Waals surface area contributed by atoms with Crippen LogP contribution in [0.1, 0.15) is 38.4 Å². The fourth-order valence-corrected chi connectivity index (χ4v) is 2.77. The molecule has 2 rings (SSSR count). The van der Waals surface area contributed by atoms with Crippen molar-refractivity contribution in [3.63, 3.8) is 0 Å². The zero-order chi connectivity index (χ0) is 15.4. The Morgan fingerprint density at radius 2 is 2.10 bits per heavy atom. The van der Waals surface area contributed by atoms with Crippen LogP contribution in [-0.4, -0.2) is 35.8 Å². The summed E-state index contributed by atoms with van der Waals surface area (Å²) in [5, 5.41) is 22.4. The average Bonchev–Trinajstić information content (AvgIpc) is 2.45. The number of phenolic OH excluding ortho intramolecular Hbond substituents is 1. The standard InChI is InChI=1S/C16H24N2O3/c1-11(19)15-4-3-14(9-16(15)21)18-7-5-13(6-8-18)10-17-12(2)20/h3-4,9,11,13,19,21H,5-8,10H2,1-2H3,(H,17,20). The lowest BCUT2D eigenvalue weighted by Crippen LogP contribution is -2.38. The molecule has 1 aromatic carbocycles. The second-order valence-electron chi connectivity index (χ2n) is 5.79. The first-order chi connectivity index (χ1) is 9.97. The lowest BCUT2D eigenvalue weighted by molar-refractivity contribution is -0.119. The SMILES string of the molecule is CC(=O)NCC1CCN(c2ccc(C(C)O)c(O)c2)CC1. The number of aromatic hydroxyl groups is 1. The minimum atomic E-state index is -0.664. The van der Waals surface area contributed by atoms with E-state index < -0.39 is 6.10 Å². The third-order valence-electron chi connectivity index (χ3n) is 4.08. The van der Waals surface area contributed by atoms with Crippen LogP contribution >= 0.6 is 0 Å². The molecule has 5 heteroatoms. The maximum absolute atomic E-state index is 10.9. The monoisotopic (exact) mass is 292 g/mol. The van der Waals surface area contributed by atoms with Gasteiger partial charge in [-0.1, -0.05) is 6.07 Å². The van der Waals surface area contributed by atoms with Crippen LogP contribution in [0.2, 0.25) is 0 Å². The lowest BCUT2D eigenvalue weighted by atomic mass is 9.96. The minimum absolute atomic E-state index is 0.0241. The van der Waals surface area contributed by atoms with Gasteiger partial charge in [-0.05, 0) is 31.7 Å². The maximum Gasteiger partial charge on any atom is 0.216 e.